The summed E-state index contributed by atoms with van der Waals surface area (Å²) < 4.78 is 42.6. The number of hydrogen-bond donors (Lipinski definition) is 1. The van der Waals surface area contributed by atoms with Crippen LogP contribution in [0.3, 0.4) is 0 Å². The van der Waals surface area contributed by atoms with Gasteiger partial charge in [-0.25, -0.2) is 0 Å². The molecular formula is C15H13F3N4O3S. The number of ether oxygens (including phenoxy) is 1. The quantitative estimate of drug-likeness (QED) is 0.873. The van der Waals surface area contributed by atoms with Crippen molar-refractivity contribution < 1.29 is 27.5 Å². The van der Waals surface area contributed by atoms with E-state index in [-0.39, 0.29) is 35.3 Å². The Morgan fingerprint density at radius 1 is 1.31 bits per heavy atom. The van der Waals surface area contributed by atoms with E-state index in [1.54, 1.807) is 24.3 Å². The van der Waals surface area contributed by atoms with Gasteiger partial charge in [0.05, 0.1) is 13.0 Å². The van der Waals surface area contributed by atoms with Crippen LogP contribution in [0.15, 0.2) is 24.3 Å². The van der Waals surface area contributed by atoms with Crippen LogP contribution in [0.1, 0.15) is 11.4 Å². The second-order valence-electron chi connectivity index (χ2n) is 5.50. The molecule has 7 nitrogen and oxygen atoms in total. The zero-order valence-corrected chi connectivity index (χ0v) is 14.2. The minimum atomic E-state index is -4.62. The highest BCUT2D eigenvalue weighted by atomic mass is 32.1. The molecule has 0 radical (unpaired) electrons. The van der Waals surface area contributed by atoms with E-state index < -0.39 is 23.0 Å². The molecule has 0 spiro atoms. The minimum Gasteiger partial charge on any atom is -0.497 e. The number of nitrogens with zero attached hydrogens (tertiary/aromatic N) is 3. The van der Waals surface area contributed by atoms with Gasteiger partial charge in [-0.05, 0) is 24.3 Å². The largest absolute Gasteiger partial charge is 0.497 e. The summed E-state index contributed by atoms with van der Waals surface area (Å²) in [5.74, 6) is -0.878. The highest BCUT2D eigenvalue weighted by Gasteiger charge is 2.38. The summed E-state index contributed by atoms with van der Waals surface area (Å²) in [5, 5.41) is 7.21. The van der Waals surface area contributed by atoms with E-state index in [0.29, 0.717) is 11.4 Å². The molecule has 0 saturated carbocycles. The number of methoxy groups -OCH3 is 1. The Labute approximate surface area is 149 Å². The molecule has 26 heavy (non-hydrogen) atoms. The highest BCUT2D eigenvalue weighted by Crippen LogP contribution is 2.33. The van der Waals surface area contributed by atoms with E-state index in [4.69, 9.17) is 4.74 Å². The summed E-state index contributed by atoms with van der Waals surface area (Å²) in [6, 6.07) is 6.76. The van der Waals surface area contributed by atoms with Gasteiger partial charge in [0.2, 0.25) is 22.0 Å². The summed E-state index contributed by atoms with van der Waals surface area (Å²) in [7, 11) is 1.52. The molecule has 1 unspecified atom stereocenters. The highest BCUT2D eigenvalue weighted by molar-refractivity contribution is 7.15. The fraction of sp³-hybridized carbons (Fsp3) is 0.333. The average molecular weight is 386 g/mol. The molecule has 1 aliphatic heterocycles. The lowest BCUT2D eigenvalue weighted by Crippen LogP contribution is -2.28. The van der Waals surface area contributed by atoms with Crippen molar-refractivity contribution in [1.82, 2.24) is 10.2 Å². The number of aromatic nitrogens is 2. The fourth-order valence-corrected chi connectivity index (χ4v) is 3.10. The number of benzene rings is 1. The van der Waals surface area contributed by atoms with Gasteiger partial charge >= 0.3 is 6.18 Å². The maximum absolute atomic E-state index is 12.5. The summed E-state index contributed by atoms with van der Waals surface area (Å²) in [5.41, 5.74) is 0.612. The van der Waals surface area contributed by atoms with Crippen molar-refractivity contribution in [2.45, 2.75) is 12.6 Å². The van der Waals surface area contributed by atoms with E-state index >= 15 is 0 Å². The van der Waals surface area contributed by atoms with Crippen LogP contribution in [0, 0.1) is 5.92 Å². The summed E-state index contributed by atoms with van der Waals surface area (Å²) in [4.78, 5) is 25.9. The second-order valence-corrected chi connectivity index (χ2v) is 6.48. The standard InChI is InChI=1S/C15H13F3N4O3S/c1-25-10-4-2-9(3-5-10)22-7-8(6-11(22)23)12(24)19-14-21-20-13(26-14)15(16,17)18/h2-5,8H,6-7H2,1H3,(H,19,21,24). The van der Waals surface area contributed by atoms with Gasteiger partial charge < -0.3 is 15.0 Å². The molecule has 138 valence electrons. The number of alkyl halides is 3. The normalized spacial score (nSPS) is 17.5. The molecule has 1 N–H and O–H groups in total. The Kier molecular flexibility index (Phi) is 4.81. The maximum Gasteiger partial charge on any atom is 0.445 e. The molecule has 1 atom stereocenters. The van der Waals surface area contributed by atoms with Crippen molar-refractivity contribution in [3.8, 4) is 5.75 Å². The third-order valence-electron chi connectivity index (χ3n) is 3.78. The zero-order chi connectivity index (χ0) is 18.9. The van der Waals surface area contributed by atoms with Crippen molar-refractivity contribution >= 4 is 34.0 Å². The first-order valence-corrected chi connectivity index (χ1v) is 8.25. The topological polar surface area (TPSA) is 84.4 Å². The van der Waals surface area contributed by atoms with Crippen molar-refractivity contribution in [2.24, 2.45) is 5.92 Å². The van der Waals surface area contributed by atoms with Gasteiger partial charge in [0.15, 0.2) is 0 Å². The Morgan fingerprint density at radius 2 is 2.00 bits per heavy atom. The smallest absolute Gasteiger partial charge is 0.445 e. The molecular weight excluding hydrogens is 373 g/mol. The predicted octanol–water partition coefficient (Wildman–Crippen LogP) is 2.56. The van der Waals surface area contributed by atoms with Gasteiger partial charge in [-0.3, -0.25) is 9.59 Å². The van der Waals surface area contributed by atoms with E-state index in [0.717, 1.165) is 0 Å². The number of carbonyl (C=O) groups is 2. The first kappa shape index (κ1) is 18.1. The minimum absolute atomic E-state index is 0.0389. The van der Waals surface area contributed by atoms with Crippen LogP contribution in [0.2, 0.25) is 0 Å². The Hall–Kier alpha value is -2.69. The van der Waals surface area contributed by atoms with E-state index in [9.17, 15) is 22.8 Å². The van der Waals surface area contributed by atoms with Crippen LogP contribution in [0.25, 0.3) is 0 Å². The van der Waals surface area contributed by atoms with Crippen molar-refractivity contribution in [1.29, 1.82) is 0 Å². The molecule has 3 rings (SSSR count). The number of amides is 2. The van der Waals surface area contributed by atoms with Gasteiger partial charge in [0.1, 0.15) is 5.75 Å². The van der Waals surface area contributed by atoms with Crippen LogP contribution in [0.4, 0.5) is 24.0 Å². The monoisotopic (exact) mass is 386 g/mol. The first-order valence-electron chi connectivity index (χ1n) is 7.44. The molecule has 1 aromatic heterocycles. The van der Waals surface area contributed by atoms with Crippen LogP contribution >= 0.6 is 11.3 Å². The lowest BCUT2D eigenvalue weighted by molar-refractivity contribution is -0.138. The molecule has 11 heteroatoms. The van der Waals surface area contributed by atoms with E-state index in [1.807, 2.05) is 0 Å². The Balaban J connectivity index is 1.65. The van der Waals surface area contributed by atoms with Gasteiger partial charge in [0.25, 0.3) is 0 Å². The van der Waals surface area contributed by atoms with Crippen LogP contribution in [-0.2, 0) is 15.8 Å². The van der Waals surface area contributed by atoms with Gasteiger partial charge in [-0.15, -0.1) is 10.2 Å². The summed E-state index contributed by atoms with van der Waals surface area (Å²) in [6.07, 6.45) is -4.65. The Bertz CT molecular complexity index is 822. The molecule has 2 aromatic rings. The number of anilines is 2. The third-order valence-corrected chi connectivity index (χ3v) is 4.66. The van der Waals surface area contributed by atoms with Gasteiger partial charge in [-0.1, -0.05) is 11.3 Å². The van der Waals surface area contributed by atoms with Crippen molar-refractivity contribution in [3.63, 3.8) is 0 Å². The number of carbonyl (C=O) groups excluding carboxylic acids is 2. The summed E-state index contributed by atoms with van der Waals surface area (Å²) in [6.45, 7) is 0.127. The fourth-order valence-electron chi connectivity index (χ4n) is 2.49. The van der Waals surface area contributed by atoms with Crippen molar-refractivity contribution in [2.75, 3.05) is 23.9 Å². The lowest BCUT2D eigenvalue weighted by atomic mass is 10.1. The van der Waals surface area contributed by atoms with Gasteiger partial charge in [-0.2, -0.15) is 13.2 Å². The summed E-state index contributed by atoms with van der Waals surface area (Å²) >= 11 is 0.237. The first-order chi connectivity index (χ1) is 12.3. The predicted molar refractivity (Wildman–Crippen MR) is 87.0 cm³/mol. The molecule has 0 bridgehead atoms. The van der Waals surface area contributed by atoms with Gasteiger partial charge in [0, 0.05) is 18.7 Å². The molecule has 2 amide bonds. The molecule has 0 aliphatic carbocycles. The van der Waals surface area contributed by atoms with Crippen LogP contribution in [-0.4, -0.2) is 35.7 Å². The van der Waals surface area contributed by atoms with Crippen molar-refractivity contribution in [3.05, 3.63) is 29.3 Å². The second kappa shape index (κ2) is 6.90. The lowest BCUT2D eigenvalue weighted by Gasteiger charge is -2.16. The molecule has 1 aromatic carbocycles. The molecule has 2 heterocycles. The third kappa shape index (κ3) is 3.77. The van der Waals surface area contributed by atoms with Crippen LogP contribution in [0.5, 0.6) is 5.75 Å². The zero-order valence-electron chi connectivity index (χ0n) is 13.4. The molecule has 1 aliphatic rings. The molecule has 1 fully saturated rings. The SMILES string of the molecule is COc1ccc(N2CC(C(=O)Nc3nnc(C(F)(F)F)s3)CC2=O)cc1. The van der Waals surface area contributed by atoms with E-state index in [2.05, 4.69) is 15.5 Å². The van der Waals surface area contributed by atoms with E-state index in [1.165, 1.54) is 12.0 Å². The number of hydrogen-bond acceptors (Lipinski definition) is 6. The molecule has 1 saturated heterocycles. The number of nitrogens with one attached hydrogen (secondary N) is 1. The Morgan fingerprint density at radius 3 is 2.58 bits per heavy atom. The maximum atomic E-state index is 12.5. The van der Waals surface area contributed by atoms with Crippen LogP contribution < -0.4 is 15.0 Å². The number of rotatable bonds is 4. The average Bonchev–Trinajstić information content (AvgIpc) is 3.21. The number of halogens is 3.